The molecule has 2 aliphatic carbocycles. The van der Waals surface area contributed by atoms with E-state index in [1.165, 1.54) is 36.0 Å². The third-order valence-corrected chi connectivity index (χ3v) is 7.58. The molecule has 2 saturated carbocycles. The van der Waals surface area contributed by atoms with Crippen LogP contribution in [0.1, 0.15) is 63.5 Å². The van der Waals surface area contributed by atoms with Crippen LogP contribution >= 0.6 is 0 Å². The van der Waals surface area contributed by atoms with Gasteiger partial charge in [-0.05, 0) is 56.1 Å². The molecule has 0 aliphatic heterocycles. The van der Waals surface area contributed by atoms with Crippen molar-refractivity contribution in [1.82, 2.24) is 19.9 Å². The van der Waals surface area contributed by atoms with Crippen LogP contribution in [0.25, 0.3) is 22.2 Å². The second-order valence-electron chi connectivity index (χ2n) is 10.4. The number of aromatic nitrogens is 3. The summed E-state index contributed by atoms with van der Waals surface area (Å²) >= 11 is 0. The number of aliphatic hydroxyl groups excluding tert-OH is 1. The highest BCUT2D eigenvalue weighted by atomic mass is 16.5. The summed E-state index contributed by atoms with van der Waals surface area (Å²) in [6.07, 6.45) is 12.9. The van der Waals surface area contributed by atoms with E-state index in [9.17, 15) is 0 Å². The molecule has 0 radical (unpaired) electrons. The van der Waals surface area contributed by atoms with Crippen molar-refractivity contribution in [3.63, 3.8) is 0 Å². The van der Waals surface area contributed by atoms with Crippen molar-refractivity contribution in [2.45, 2.75) is 76.6 Å². The van der Waals surface area contributed by atoms with Crippen LogP contribution in [0.4, 0.5) is 5.95 Å². The number of anilines is 1. The summed E-state index contributed by atoms with van der Waals surface area (Å²) in [7, 11) is 1.82. The SMILES string of the molecule is COC1CCC(n2cc(-c3ccc(CNCCO)cc3)c3cnc(NC(C)CC4CC4)nc32)CC1. The summed E-state index contributed by atoms with van der Waals surface area (Å²) in [5.74, 6) is 1.60. The Labute approximate surface area is 208 Å². The van der Waals surface area contributed by atoms with Crippen LogP contribution in [-0.4, -0.2) is 52.0 Å². The molecule has 35 heavy (non-hydrogen) atoms. The summed E-state index contributed by atoms with van der Waals surface area (Å²) in [6.45, 7) is 3.75. The summed E-state index contributed by atoms with van der Waals surface area (Å²) in [4.78, 5) is 9.77. The average molecular weight is 478 g/mol. The first-order valence-corrected chi connectivity index (χ1v) is 13.2. The van der Waals surface area contributed by atoms with E-state index in [4.69, 9.17) is 19.8 Å². The van der Waals surface area contributed by atoms with E-state index in [1.807, 2.05) is 13.3 Å². The van der Waals surface area contributed by atoms with Gasteiger partial charge < -0.3 is 25.0 Å². The van der Waals surface area contributed by atoms with Crippen molar-refractivity contribution in [2.24, 2.45) is 5.92 Å². The molecule has 3 N–H and O–H groups in total. The highest BCUT2D eigenvalue weighted by Gasteiger charge is 2.26. The van der Waals surface area contributed by atoms with Gasteiger partial charge >= 0.3 is 0 Å². The Morgan fingerprint density at radius 2 is 1.89 bits per heavy atom. The number of aliphatic hydroxyl groups is 1. The fourth-order valence-corrected chi connectivity index (χ4v) is 5.41. The normalized spacial score (nSPS) is 21.3. The maximum Gasteiger partial charge on any atom is 0.224 e. The van der Waals surface area contributed by atoms with Gasteiger partial charge in [-0.25, -0.2) is 4.98 Å². The van der Waals surface area contributed by atoms with Gasteiger partial charge in [-0.3, -0.25) is 0 Å². The highest BCUT2D eigenvalue weighted by molar-refractivity contribution is 5.94. The topological polar surface area (TPSA) is 84.2 Å². The van der Waals surface area contributed by atoms with Crippen LogP contribution in [0.3, 0.4) is 0 Å². The first kappa shape index (κ1) is 24.2. The third kappa shape index (κ3) is 5.85. The van der Waals surface area contributed by atoms with Crippen molar-refractivity contribution >= 4 is 17.0 Å². The van der Waals surface area contributed by atoms with Gasteiger partial charge in [0.15, 0.2) is 0 Å². The molecular formula is C28H39N5O2. The van der Waals surface area contributed by atoms with E-state index in [0.717, 1.165) is 55.1 Å². The average Bonchev–Trinajstić information content (AvgIpc) is 3.62. The number of nitrogens with one attached hydrogen (secondary N) is 2. The molecule has 2 heterocycles. The standard InChI is InChI=1S/C28H39N5O2/c1-19(15-20-3-4-20)31-28-30-17-25-26(22-7-5-21(6-8-22)16-29-13-14-34)18-33(27(25)32-28)23-9-11-24(35-2)12-10-23/h5-8,17-20,23-24,29,34H,3-4,9-16H2,1-2H3,(H,30,31,32). The molecule has 1 aromatic carbocycles. The van der Waals surface area contributed by atoms with Gasteiger partial charge in [0, 0.05) is 55.6 Å². The van der Waals surface area contributed by atoms with E-state index < -0.39 is 0 Å². The van der Waals surface area contributed by atoms with Gasteiger partial charge in [-0.1, -0.05) is 37.1 Å². The Hall–Kier alpha value is -2.48. The van der Waals surface area contributed by atoms with Crippen molar-refractivity contribution in [3.8, 4) is 11.1 Å². The molecule has 0 saturated heterocycles. The van der Waals surface area contributed by atoms with Gasteiger partial charge in [-0.2, -0.15) is 4.98 Å². The molecule has 2 aromatic heterocycles. The Balaban J connectivity index is 1.44. The molecule has 3 aromatic rings. The summed E-state index contributed by atoms with van der Waals surface area (Å²) in [5, 5.41) is 16.9. The van der Waals surface area contributed by atoms with Crippen molar-refractivity contribution < 1.29 is 9.84 Å². The number of hydrogen-bond donors (Lipinski definition) is 3. The van der Waals surface area contributed by atoms with Crippen LogP contribution < -0.4 is 10.6 Å². The van der Waals surface area contributed by atoms with Crippen LogP contribution in [0.2, 0.25) is 0 Å². The van der Waals surface area contributed by atoms with Gasteiger partial charge in [0.05, 0.1) is 12.7 Å². The van der Waals surface area contributed by atoms with Crippen LogP contribution in [0, 0.1) is 5.92 Å². The predicted molar refractivity (Wildman–Crippen MR) is 140 cm³/mol. The van der Waals surface area contributed by atoms with E-state index >= 15 is 0 Å². The lowest BCUT2D eigenvalue weighted by Crippen LogP contribution is -2.22. The van der Waals surface area contributed by atoms with Crippen LogP contribution in [-0.2, 0) is 11.3 Å². The van der Waals surface area contributed by atoms with Crippen molar-refractivity contribution in [2.75, 3.05) is 25.6 Å². The maximum atomic E-state index is 9.00. The quantitative estimate of drug-likeness (QED) is 0.340. The Kier molecular flexibility index (Phi) is 7.66. The zero-order valence-corrected chi connectivity index (χ0v) is 21.0. The summed E-state index contributed by atoms with van der Waals surface area (Å²) in [5.41, 5.74) is 4.58. The monoisotopic (exact) mass is 477 g/mol. The Bertz CT molecular complexity index is 1100. The molecule has 7 nitrogen and oxygen atoms in total. The zero-order valence-electron chi connectivity index (χ0n) is 21.0. The minimum atomic E-state index is 0.153. The largest absolute Gasteiger partial charge is 0.395 e. The van der Waals surface area contributed by atoms with Gasteiger partial charge in [-0.15, -0.1) is 0 Å². The number of fused-ring (bicyclic) bond motifs is 1. The second kappa shape index (κ2) is 11.1. The molecule has 1 atom stereocenters. The van der Waals surface area contributed by atoms with Crippen LogP contribution in [0.5, 0.6) is 0 Å². The van der Waals surface area contributed by atoms with E-state index in [0.29, 0.717) is 24.7 Å². The van der Waals surface area contributed by atoms with Crippen molar-refractivity contribution in [3.05, 3.63) is 42.2 Å². The molecule has 188 valence electrons. The predicted octanol–water partition coefficient (Wildman–Crippen LogP) is 4.91. The molecule has 2 fully saturated rings. The highest BCUT2D eigenvalue weighted by Crippen LogP contribution is 2.38. The lowest BCUT2D eigenvalue weighted by Gasteiger charge is -2.29. The lowest BCUT2D eigenvalue weighted by molar-refractivity contribution is 0.0589. The molecule has 2 aliphatic rings. The third-order valence-electron chi connectivity index (χ3n) is 7.58. The molecule has 0 amide bonds. The van der Waals surface area contributed by atoms with E-state index in [2.05, 4.69) is 52.6 Å². The van der Waals surface area contributed by atoms with Gasteiger partial charge in [0.25, 0.3) is 0 Å². The number of hydrogen-bond acceptors (Lipinski definition) is 6. The fourth-order valence-electron chi connectivity index (χ4n) is 5.41. The smallest absolute Gasteiger partial charge is 0.224 e. The second-order valence-corrected chi connectivity index (χ2v) is 10.4. The van der Waals surface area contributed by atoms with E-state index in [-0.39, 0.29) is 6.61 Å². The first-order chi connectivity index (χ1) is 17.1. The number of ether oxygens (including phenoxy) is 1. The lowest BCUT2D eigenvalue weighted by atomic mass is 9.93. The molecule has 0 spiro atoms. The number of nitrogens with zero attached hydrogens (tertiary/aromatic N) is 3. The van der Waals surface area contributed by atoms with Crippen LogP contribution in [0.15, 0.2) is 36.7 Å². The number of benzene rings is 1. The number of rotatable bonds is 11. The molecule has 0 bridgehead atoms. The molecule has 7 heteroatoms. The fraction of sp³-hybridized carbons (Fsp3) is 0.571. The minimum Gasteiger partial charge on any atom is -0.395 e. The Morgan fingerprint density at radius 1 is 1.11 bits per heavy atom. The minimum absolute atomic E-state index is 0.153. The van der Waals surface area contributed by atoms with E-state index in [1.54, 1.807) is 0 Å². The maximum absolute atomic E-state index is 9.00. The van der Waals surface area contributed by atoms with Crippen molar-refractivity contribution in [1.29, 1.82) is 0 Å². The molecule has 1 unspecified atom stereocenters. The first-order valence-electron chi connectivity index (χ1n) is 13.2. The number of methoxy groups -OCH3 is 1. The molecule has 5 rings (SSSR count). The summed E-state index contributed by atoms with van der Waals surface area (Å²) < 4.78 is 8.01. The zero-order chi connectivity index (χ0) is 24.2. The summed E-state index contributed by atoms with van der Waals surface area (Å²) in [6, 6.07) is 9.48. The Morgan fingerprint density at radius 3 is 2.57 bits per heavy atom. The van der Waals surface area contributed by atoms with Gasteiger partial charge in [0.1, 0.15) is 5.65 Å². The molecular weight excluding hydrogens is 438 g/mol. The van der Waals surface area contributed by atoms with Gasteiger partial charge in [0.2, 0.25) is 5.95 Å².